The number of nitrogens with one attached hydrogen (secondary N) is 1. The minimum Gasteiger partial charge on any atom is -0.302 e. The van der Waals surface area contributed by atoms with E-state index in [0.29, 0.717) is 22.1 Å². The van der Waals surface area contributed by atoms with Crippen LogP contribution in [0.2, 0.25) is 5.02 Å². The second-order valence-corrected chi connectivity index (χ2v) is 7.27. The number of hydrogen-bond donors (Lipinski definition) is 1. The summed E-state index contributed by atoms with van der Waals surface area (Å²) >= 11 is 6.36. The summed E-state index contributed by atoms with van der Waals surface area (Å²) in [5, 5.41) is 3.37. The lowest BCUT2D eigenvalue weighted by Crippen LogP contribution is -2.23. The van der Waals surface area contributed by atoms with E-state index in [9.17, 15) is 14.4 Å². The summed E-state index contributed by atoms with van der Waals surface area (Å²) in [5.74, 6) is 0.0143. The predicted octanol–water partition coefficient (Wildman–Crippen LogP) is 2.91. The summed E-state index contributed by atoms with van der Waals surface area (Å²) in [7, 11) is 1.52. The third kappa shape index (κ3) is 3.09. The van der Waals surface area contributed by atoms with E-state index >= 15 is 0 Å². The van der Waals surface area contributed by atoms with Crippen molar-refractivity contribution in [2.24, 2.45) is 7.05 Å². The number of aryl methyl sites for hydroxylation is 3. The molecule has 2 aromatic carbocycles. The van der Waals surface area contributed by atoms with Crippen molar-refractivity contribution >= 4 is 28.3 Å². The Morgan fingerprint density at radius 3 is 2.48 bits per heavy atom. The lowest BCUT2D eigenvalue weighted by atomic mass is 10.0. The van der Waals surface area contributed by atoms with Crippen molar-refractivity contribution in [2.45, 2.75) is 13.8 Å². The number of halogens is 1. The molecule has 8 heteroatoms. The smallest absolute Gasteiger partial charge is 0.277 e. The molecule has 0 bridgehead atoms. The van der Waals surface area contributed by atoms with Gasteiger partial charge in [-0.15, -0.1) is 0 Å². The molecule has 2 heterocycles. The van der Waals surface area contributed by atoms with E-state index in [1.165, 1.54) is 28.6 Å². The van der Waals surface area contributed by atoms with E-state index in [1.807, 2.05) is 13.0 Å². The van der Waals surface area contributed by atoms with Crippen molar-refractivity contribution < 1.29 is 4.79 Å². The van der Waals surface area contributed by atoms with Gasteiger partial charge in [0.1, 0.15) is 11.4 Å². The zero-order chi connectivity index (χ0) is 20.9. The number of benzene rings is 2. The monoisotopic (exact) mass is 408 g/mol. The molecule has 0 unspecified atom stereocenters. The first-order chi connectivity index (χ1) is 13.8. The molecule has 0 radical (unpaired) electrons. The number of rotatable bonds is 3. The zero-order valence-corrected chi connectivity index (χ0v) is 16.7. The number of carbonyl (C=O) groups excluding carboxylic acids is 1. The Labute approximate surface area is 170 Å². The highest BCUT2D eigenvalue weighted by Crippen LogP contribution is 2.23. The van der Waals surface area contributed by atoms with E-state index in [1.54, 1.807) is 31.2 Å². The van der Waals surface area contributed by atoms with Gasteiger partial charge < -0.3 is 5.10 Å². The Morgan fingerprint density at radius 1 is 1.07 bits per heavy atom. The molecule has 7 nitrogen and oxygen atoms in total. The zero-order valence-electron chi connectivity index (χ0n) is 16.0. The molecule has 0 spiro atoms. The highest BCUT2D eigenvalue weighted by Gasteiger charge is 2.18. The van der Waals surface area contributed by atoms with Gasteiger partial charge >= 0.3 is 0 Å². The van der Waals surface area contributed by atoms with E-state index in [2.05, 4.69) is 10.1 Å². The Kier molecular flexibility index (Phi) is 4.47. The van der Waals surface area contributed by atoms with Crippen LogP contribution in [0.1, 0.15) is 27.3 Å². The highest BCUT2D eigenvalue weighted by molar-refractivity contribution is 6.32. The Balaban J connectivity index is 1.93. The molecule has 4 aromatic rings. The number of carbonyl (C=O) groups is 1. The maximum absolute atomic E-state index is 13.3. The SMILES string of the molecule is Cc1ccc(-n2c(C)nc3ccc(C(=O)c4c[nH]n(C)c4=O)cc3c2=O)c(Cl)c1. The summed E-state index contributed by atoms with van der Waals surface area (Å²) in [5.41, 5.74) is 1.43. The number of ketones is 1. The van der Waals surface area contributed by atoms with Crippen molar-refractivity contribution in [3.05, 3.63) is 90.8 Å². The van der Waals surface area contributed by atoms with Gasteiger partial charge in [0, 0.05) is 18.8 Å². The highest BCUT2D eigenvalue weighted by atomic mass is 35.5. The minimum atomic E-state index is -0.464. The van der Waals surface area contributed by atoms with E-state index < -0.39 is 11.3 Å². The molecule has 1 N–H and O–H groups in total. The molecule has 0 saturated carbocycles. The molecular formula is C21H17ClN4O3. The van der Waals surface area contributed by atoms with E-state index in [0.717, 1.165) is 5.56 Å². The largest absolute Gasteiger partial charge is 0.302 e. The second-order valence-electron chi connectivity index (χ2n) is 6.87. The van der Waals surface area contributed by atoms with Crippen LogP contribution >= 0.6 is 11.6 Å². The van der Waals surface area contributed by atoms with Crippen LogP contribution in [0.3, 0.4) is 0 Å². The maximum atomic E-state index is 13.3. The maximum Gasteiger partial charge on any atom is 0.277 e. The van der Waals surface area contributed by atoms with Crippen molar-refractivity contribution in [1.29, 1.82) is 0 Å². The summed E-state index contributed by atoms with van der Waals surface area (Å²) < 4.78 is 2.64. The molecule has 146 valence electrons. The van der Waals surface area contributed by atoms with Gasteiger partial charge in [0.15, 0.2) is 5.78 Å². The fourth-order valence-corrected chi connectivity index (χ4v) is 3.61. The molecule has 29 heavy (non-hydrogen) atoms. The molecule has 0 aliphatic heterocycles. The van der Waals surface area contributed by atoms with E-state index in [-0.39, 0.29) is 22.1 Å². The first-order valence-corrected chi connectivity index (χ1v) is 9.25. The third-order valence-corrected chi connectivity index (χ3v) is 5.13. The molecule has 0 aliphatic rings. The lowest BCUT2D eigenvalue weighted by molar-refractivity contribution is 0.103. The first kappa shape index (κ1) is 18.9. The quantitative estimate of drug-likeness (QED) is 0.528. The molecule has 0 atom stereocenters. The number of aromatic amines is 1. The van der Waals surface area contributed by atoms with Gasteiger partial charge in [-0.05, 0) is 49.7 Å². The van der Waals surface area contributed by atoms with Gasteiger partial charge in [-0.1, -0.05) is 17.7 Å². The molecule has 2 aromatic heterocycles. The number of hydrogen-bond acceptors (Lipinski definition) is 4. The van der Waals surface area contributed by atoms with Gasteiger partial charge in [0.05, 0.1) is 21.6 Å². The van der Waals surface area contributed by atoms with Crippen LogP contribution in [0.15, 0.2) is 52.2 Å². The van der Waals surface area contributed by atoms with Gasteiger partial charge in [0.25, 0.3) is 11.1 Å². The topological polar surface area (TPSA) is 89.8 Å². The second kappa shape index (κ2) is 6.86. The summed E-state index contributed by atoms with van der Waals surface area (Å²) in [4.78, 5) is 42.6. The minimum absolute atomic E-state index is 0.00817. The van der Waals surface area contributed by atoms with E-state index in [4.69, 9.17) is 11.6 Å². The number of fused-ring (bicyclic) bond motifs is 1. The van der Waals surface area contributed by atoms with Gasteiger partial charge in [-0.3, -0.25) is 23.6 Å². The number of nitrogens with zero attached hydrogens (tertiary/aromatic N) is 3. The average Bonchev–Trinajstić information content (AvgIpc) is 3.01. The number of aromatic nitrogens is 4. The standard InChI is InChI=1S/C21H17ClN4O3/c1-11-4-7-18(16(22)8-11)26-12(2)24-17-6-5-13(9-14(17)21(26)29)19(27)15-10-23-25(3)20(15)28/h4-10,23H,1-3H3. The molecule has 4 rings (SSSR count). The lowest BCUT2D eigenvalue weighted by Gasteiger charge is -2.13. The summed E-state index contributed by atoms with van der Waals surface area (Å²) in [6, 6.07) is 10.0. The Bertz CT molecular complexity index is 1410. The molecule has 0 fully saturated rings. The molecule has 0 saturated heterocycles. The third-order valence-electron chi connectivity index (χ3n) is 4.82. The van der Waals surface area contributed by atoms with Crippen LogP contribution in [-0.4, -0.2) is 25.1 Å². The molecule has 0 amide bonds. The fraction of sp³-hybridized carbons (Fsp3) is 0.143. The van der Waals surface area contributed by atoms with Crippen LogP contribution in [0.25, 0.3) is 16.6 Å². The number of H-pyrrole nitrogens is 1. The summed E-state index contributed by atoms with van der Waals surface area (Å²) in [6.45, 7) is 3.63. The van der Waals surface area contributed by atoms with Crippen LogP contribution in [-0.2, 0) is 7.05 Å². The van der Waals surface area contributed by atoms with Gasteiger partial charge in [0.2, 0.25) is 0 Å². The van der Waals surface area contributed by atoms with Crippen LogP contribution in [0, 0.1) is 13.8 Å². The molecule has 0 aliphatic carbocycles. The fourth-order valence-electron chi connectivity index (χ4n) is 3.30. The average molecular weight is 409 g/mol. The Hall–Kier alpha value is -3.45. The van der Waals surface area contributed by atoms with Gasteiger partial charge in [-0.25, -0.2) is 4.98 Å². The van der Waals surface area contributed by atoms with Crippen LogP contribution in [0.4, 0.5) is 0 Å². The van der Waals surface area contributed by atoms with Crippen LogP contribution < -0.4 is 11.1 Å². The Morgan fingerprint density at radius 2 is 1.83 bits per heavy atom. The summed E-state index contributed by atoms with van der Waals surface area (Å²) in [6.07, 6.45) is 1.35. The first-order valence-electron chi connectivity index (χ1n) is 8.87. The van der Waals surface area contributed by atoms with Crippen LogP contribution in [0.5, 0.6) is 0 Å². The molecular weight excluding hydrogens is 392 g/mol. The normalized spacial score (nSPS) is 11.2. The van der Waals surface area contributed by atoms with Crippen molar-refractivity contribution in [1.82, 2.24) is 19.3 Å². The van der Waals surface area contributed by atoms with Gasteiger partial charge in [-0.2, -0.15) is 0 Å². The van der Waals surface area contributed by atoms with Crippen molar-refractivity contribution in [3.8, 4) is 5.69 Å². The van der Waals surface area contributed by atoms with Crippen molar-refractivity contribution in [2.75, 3.05) is 0 Å². The predicted molar refractivity (Wildman–Crippen MR) is 111 cm³/mol. The van der Waals surface area contributed by atoms with Crippen molar-refractivity contribution in [3.63, 3.8) is 0 Å².